The molecular weight excluding hydrogens is 352 g/mol. The van der Waals surface area contributed by atoms with Gasteiger partial charge in [-0.15, -0.1) is 0 Å². The van der Waals surface area contributed by atoms with Gasteiger partial charge < -0.3 is 14.9 Å². The van der Waals surface area contributed by atoms with Crippen molar-refractivity contribution >= 4 is 22.8 Å². The van der Waals surface area contributed by atoms with Gasteiger partial charge in [0.25, 0.3) is 0 Å². The summed E-state index contributed by atoms with van der Waals surface area (Å²) in [5, 5.41) is 10.5. The van der Waals surface area contributed by atoms with Crippen molar-refractivity contribution < 1.29 is 9.90 Å². The van der Waals surface area contributed by atoms with Crippen LogP contribution >= 0.6 is 0 Å². The van der Waals surface area contributed by atoms with Crippen molar-refractivity contribution in [2.75, 3.05) is 37.7 Å². The zero-order chi connectivity index (χ0) is 19.7. The molecule has 3 heterocycles. The monoisotopic (exact) mass is 382 g/mol. The molecule has 6 heteroatoms. The highest BCUT2D eigenvalue weighted by Crippen LogP contribution is 2.27. The van der Waals surface area contributed by atoms with E-state index in [1.54, 1.807) is 0 Å². The summed E-state index contributed by atoms with van der Waals surface area (Å²) in [6.07, 6.45) is 3.71. The number of carbonyl (C=O) groups is 1. The Kier molecular flexibility index (Phi) is 5.49. The minimum atomic E-state index is 0.0814. The Bertz CT molecular complexity index is 861. The second-order valence-electron chi connectivity index (χ2n) is 8.37. The molecule has 0 aliphatic carbocycles. The third-order valence-corrected chi connectivity index (χ3v) is 6.25. The average Bonchev–Trinajstić information content (AvgIpc) is 2.73. The molecule has 4 rings (SSSR count). The van der Waals surface area contributed by atoms with Gasteiger partial charge in [0.05, 0.1) is 11.2 Å². The maximum Gasteiger partial charge on any atom is 0.226 e. The van der Waals surface area contributed by atoms with Crippen LogP contribution in [-0.2, 0) is 4.79 Å². The molecule has 1 atom stereocenters. The lowest BCUT2D eigenvalue weighted by atomic mass is 9.92. The predicted molar refractivity (Wildman–Crippen MR) is 110 cm³/mol. The molecule has 2 aliphatic heterocycles. The zero-order valence-electron chi connectivity index (χ0n) is 16.9. The maximum atomic E-state index is 12.9. The average molecular weight is 383 g/mol. The number of aliphatic hydroxyl groups excluding tert-OH is 1. The smallest absolute Gasteiger partial charge is 0.226 e. The largest absolute Gasteiger partial charge is 0.396 e. The van der Waals surface area contributed by atoms with Crippen molar-refractivity contribution in [3.8, 4) is 0 Å². The van der Waals surface area contributed by atoms with Crippen LogP contribution in [0.15, 0.2) is 18.2 Å². The first-order valence-corrected chi connectivity index (χ1v) is 10.4. The van der Waals surface area contributed by atoms with E-state index in [0.29, 0.717) is 6.54 Å². The van der Waals surface area contributed by atoms with Crippen LogP contribution in [0.5, 0.6) is 0 Å². The van der Waals surface area contributed by atoms with Crippen LogP contribution in [0.25, 0.3) is 10.9 Å². The van der Waals surface area contributed by atoms with Crippen molar-refractivity contribution in [2.45, 2.75) is 39.5 Å². The van der Waals surface area contributed by atoms with Crippen LogP contribution < -0.4 is 4.90 Å². The molecule has 0 radical (unpaired) electrons. The number of hydrogen-bond acceptors (Lipinski definition) is 5. The molecule has 1 aromatic heterocycles. The highest BCUT2D eigenvalue weighted by Gasteiger charge is 2.32. The molecule has 0 bridgehead atoms. The summed E-state index contributed by atoms with van der Waals surface area (Å²) in [5.41, 5.74) is 3.20. The molecule has 6 nitrogen and oxygen atoms in total. The molecule has 1 N–H and O–H groups in total. The normalized spacial score (nSPS) is 21.3. The lowest BCUT2D eigenvalue weighted by Gasteiger charge is -2.37. The zero-order valence-corrected chi connectivity index (χ0v) is 16.9. The lowest BCUT2D eigenvalue weighted by molar-refractivity contribution is -0.138. The molecule has 2 aromatic rings. The second kappa shape index (κ2) is 8.03. The third-order valence-electron chi connectivity index (χ3n) is 6.25. The molecule has 2 saturated heterocycles. The van der Waals surface area contributed by atoms with Crippen molar-refractivity contribution in [3.63, 3.8) is 0 Å². The van der Waals surface area contributed by atoms with E-state index in [-0.39, 0.29) is 24.3 Å². The molecule has 2 aliphatic rings. The number of carbonyl (C=O) groups excluding carboxylic acids is 1. The van der Waals surface area contributed by atoms with Crippen LogP contribution in [0.1, 0.15) is 36.9 Å². The Morgan fingerprint density at radius 1 is 1.14 bits per heavy atom. The van der Waals surface area contributed by atoms with Gasteiger partial charge in [-0.1, -0.05) is 11.6 Å². The van der Waals surface area contributed by atoms with Gasteiger partial charge in [0, 0.05) is 44.1 Å². The standard InChI is InChI=1S/C22H30N4O2/c1-15-5-6-20-19(12-15)16(2)23-22(24-20)25-10-7-18(8-11-25)21(28)26-9-3-4-17(13-26)14-27/h5-6,12,17-18,27H,3-4,7-11,13-14H2,1-2H3/t17-/m0/s1. The Balaban J connectivity index is 1.42. The van der Waals surface area contributed by atoms with Crippen molar-refractivity contribution in [1.82, 2.24) is 14.9 Å². The van der Waals surface area contributed by atoms with E-state index in [1.807, 2.05) is 11.8 Å². The molecule has 0 spiro atoms. The highest BCUT2D eigenvalue weighted by molar-refractivity contribution is 5.82. The molecule has 1 aromatic carbocycles. The number of piperidine rings is 2. The van der Waals surface area contributed by atoms with E-state index >= 15 is 0 Å². The number of anilines is 1. The summed E-state index contributed by atoms with van der Waals surface area (Å²) in [7, 11) is 0. The number of rotatable bonds is 3. The number of aromatic nitrogens is 2. The number of likely N-dealkylation sites (tertiary alicyclic amines) is 1. The van der Waals surface area contributed by atoms with Gasteiger partial charge >= 0.3 is 0 Å². The minimum Gasteiger partial charge on any atom is -0.396 e. The fourth-order valence-corrected chi connectivity index (χ4v) is 4.52. The van der Waals surface area contributed by atoms with Crippen molar-refractivity contribution in [1.29, 1.82) is 0 Å². The van der Waals surface area contributed by atoms with E-state index in [0.717, 1.165) is 67.9 Å². The van der Waals surface area contributed by atoms with Gasteiger partial charge in [-0.3, -0.25) is 4.79 Å². The number of amides is 1. The van der Waals surface area contributed by atoms with Gasteiger partial charge in [-0.25, -0.2) is 9.97 Å². The summed E-state index contributed by atoms with van der Waals surface area (Å²) in [6, 6.07) is 6.28. The first-order valence-electron chi connectivity index (χ1n) is 10.4. The SMILES string of the molecule is Cc1ccc2nc(N3CCC(C(=O)N4CCC[C@H](CO)C4)CC3)nc(C)c2c1. The number of aliphatic hydroxyl groups is 1. The Hall–Kier alpha value is -2.21. The van der Waals surface area contributed by atoms with Gasteiger partial charge in [0.1, 0.15) is 0 Å². The molecule has 28 heavy (non-hydrogen) atoms. The Morgan fingerprint density at radius 3 is 2.68 bits per heavy atom. The number of benzene rings is 1. The van der Waals surface area contributed by atoms with E-state index in [1.165, 1.54) is 5.56 Å². The first-order chi connectivity index (χ1) is 13.5. The summed E-state index contributed by atoms with van der Waals surface area (Å²) in [4.78, 5) is 26.6. The summed E-state index contributed by atoms with van der Waals surface area (Å²) < 4.78 is 0. The van der Waals surface area contributed by atoms with Gasteiger partial charge in [-0.2, -0.15) is 0 Å². The quantitative estimate of drug-likeness (QED) is 0.884. The number of hydrogen-bond donors (Lipinski definition) is 1. The van der Waals surface area contributed by atoms with Gasteiger partial charge in [0.15, 0.2) is 0 Å². The van der Waals surface area contributed by atoms with Crippen molar-refractivity contribution in [2.24, 2.45) is 11.8 Å². The molecule has 150 valence electrons. The summed E-state index contributed by atoms with van der Waals surface area (Å²) in [6.45, 7) is 7.47. The van der Waals surface area contributed by atoms with E-state index in [9.17, 15) is 9.90 Å². The molecular formula is C22H30N4O2. The molecule has 0 saturated carbocycles. The van der Waals surface area contributed by atoms with Crippen molar-refractivity contribution in [3.05, 3.63) is 29.5 Å². The van der Waals surface area contributed by atoms with E-state index in [4.69, 9.17) is 9.97 Å². The van der Waals surface area contributed by atoms with Crippen LogP contribution in [0.2, 0.25) is 0 Å². The molecule has 2 fully saturated rings. The number of nitrogens with zero attached hydrogens (tertiary/aromatic N) is 4. The number of fused-ring (bicyclic) bond motifs is 1. The summed E-state index contributed by atoms with van der Waals surface area (Å²) in [5.74, 6) is 1.37. The fraction of sp³-hybridized carbons (Fsp3) is 0.591. The minimum absolute atomic E-state index is 0.0814. The second-order valence-corrected chi connectivity index (χ2v) is 8.37. The van der Waals surface area contributed by atoms with Gasteiger partial charge in [0.2, 0.25) is 11.9 Å². The van der Waals surface area contributed by atoms with Gasteiger partial charge in [-0.05, 0) is 57.6 Å². The van der Waals surface area contributed by atoms with E-state index < -0.39 is 0 Å². The van der Waals surface area contributed by atoms with Crippen LogP contribution in [0.3, 0.4) is 0 Å². The topological polar surface area (TPSA) is 69.6 Å². The third kappa shape index (κ3) is 3.83. The predicted octanol–water partition coefficient (Wildman–Crippen LogP) is 2.69. The molecule has 1 amide bonds. The lowest BCUT2D eigenvalue weighted by Crippen LogP contribution is -2.47. The van der Waals surface area contributed by atoms with Crippen LogP contribution in [0, 0.1) is 25.7 Å². The first kappa shape index (κ1) is 19.1. The van der Waals surface area contributed by atoms with Crippen LogP contribution in [-0.4, -0.2) is 58.7 Å². The summed E-state index contributed by atoms with van der Waals surface area (Å²) >= 11 is 0. The highest BCUT2D eigenvalue weighted by atomic mass is 16.3. The molecule has 0 unspecified atom stereocenters. The Labute approximate surface area is 166 Å². The van der Waals surface area contributed by atoms with Crippen LogP contribution in [0.4, 0.5) is 5.95 Å². The van der Waals surface area contributed by atoms with E-state index in [2.05, 4.69) is 30.0 Å². The number of aryl methyl sites for hydroxylation is 2. The maximum absolute atomic E-state index is 12.9. The Morgan fingerprint density at radius 2 is 1.93 bits per heavy atom. The fourth-order valence-electron chi connectivity index (χ4n) is 4.52.